The number of carbonyl (C=O) groups excluding carboxylic acids is 1. The third-order valence-corrected chi connectivity index (χ3v) is 3.65. The lowest BCUT2D eigenvalue weighted by Crippen LogP contribution is -2.42. The molecule has 1 fully saturated rings. The van der Waals surface area contributed by atoms with Crippen LogP contribution in [0.1, 0.15) is 39.3 Å². The molecule has 0 aromatic carbocycles. The lowest BCUT2D eigenvalue weighted by Gasteiger charge is -2.32. The van der Waals surface area contributed by atoms with Crippen LogP contribution in [-0.4, -0.2) is 41.2 Å². The summed E-state index contributed by atoms with van der Waals surface area (Å²) in [7, 11) is 0. The summed E-state index contributed by atoms with van der Waals surface area (Å²) in [5, 5.41) is 2.89. The summed E-state index contributed by atoms with van der Waals surface area (Å²) in [6.07, 6.45) is 3.82. The number of ether oxygens (including phenoxy) is 1. The lowest BCUT2D eigenvalue weighted by atomic mass is 9.98. The third kappa shape index (κ3) is 6.02. The first-order valence-corrected chi connectivity index (χ1v) is 8.01. The van der Waals surface area contributed by atoms with Crippen LogP contribution in [0.3, 0.4) is 0 Å². The molecule has 2 heterocycles. The van der Waals surface area contributed by atoms with E-state index in [1.807, 2.05) is 39.1 Å². The predicted molar refractivity (Wildman–Crippen MR) is 86.5 cm³/mol. The minimum atomic E-state index is -0.443. The Bertz CT molecular complexity index is 471. The van der Waals surface area contributed by atoms with Crippen LogP contribution < -0.4 is 5.32 Å². The zero-order chi connectivity index (χ0) is 16.0. The van der Waals surface area contributed by atoms with Crippen LogP contribution in [0.5, 0.6) is 0 Å². The zero-order valence-corrected chi connectivity index (χ0v) is 13.8. The Hall–Kier alpha value is -1.62. The molecule has 1 aliphatic rings. The van der Waals surface area contributed by atoms with E-state index in [1.165, 1.54) is 0 Å². The maximum absolute atomic E-state index is 11.7. The molecule has 2 rings (SSSR count). The summed E-state index contributed by atoms with van der Waals surface area (Å²) in [4.78, 5) is 18.5. The van der Waals surface area contributed by atoms with Gasteiger partial charge in [0, 0.05) is 25.8 Å². The number of hydrogen-bond acceptors (Lipinski definition) is 4. The fourth-order valence-electron chi connectivity index (χ4n) is 2.72. The van der Waals surface area contributed by atoms with Crippen molar-refractivity contribution in [2.75, 3.05) is 19.6 Å². The SMILES string of the molecule is CC(C)(C)OC(=O)NC[C@@H]1CCCN(Cc2ccccn2)C1. The Kier molecular flexibility index (Phi) is 5.77. The summed E-state index contributed by atoms with van der Waals surface area (Å²) >= 11 is 0. The first-order chi connectivity index (χ1) is 10.4. The predicted octanol–water partition coefficient (Wildman–Crippen LogP) is 2.82. The number of carbonyl (C=O) groups is 1. The molecule has 1 aliphatic heterocycles. The van der Waals surface area contributed by atoms with Crippen molar-refractivity contribution < 1.29 is 9.53 Å². The van der Waals surface area contributed by atoms with Gasteiger partial charge in [-0.2, -0.15) is 0 Å². The second kappa shape index (κ2) is 7.58. The fourth-order valence-corrected chi connectivity index (χ4v) is 2.72. The molecule has 122 valence electrons. The van der Waals surface area contributed by atoms with Crippen LogP contribution in [0.2, 0.25) is 0 Å². The van der Waals surface area contributed by atoms with Crippen molar-refractivity contribution >= 4 is 6.09 Å². The number of alkyl carbamates (subject to hydrolysis) is 1. The standard InChI is InChI=1S/C17H27N3O2/c1-17(2,3)22-16(21)19-11-14-7-6-10-20(12-14)13-15-8-4-5-9-18-15/h4-5,8-9,14H,6-7,10-13H2,1-3H3,(H,19,21)/t14-/m0/s1. The van der Waals surface area contributed by atoms with Gasteiger partial charge in [0.1, 0.15) is 5.60 Å². The highest BCUT2D eigenvalue weighted by atomic mass is 16.6. The zero-order valence-electron chi connectivity index (χ0n) is 13.8. The summed E-state index contributed by atoms with van der Waals surface area (Å²) in [5.41, 5.74) is 0.657. The van der Waals surface area contributed by atoms with Crippen molar-refractivity contribution in [3.63, 3.8) is 0 Å². The molecule has 0 aliphatic carbocycles. The Morgan fingerprint density at radius 3 is 2.95 bits per heavy atom. The summed E-state index contributed by atoms with van der Waals surface area (Å²) < 4.78 is 5.28. The number of nitrogens with zero attached hydrogens (tertiary/aromatic N) is 2. The van der Waals surface area contributed by atoms with Gasteiger partial charge in [-0.05, 0) is 58.2 Å². The number of nitrogens with one attached hydrogen (secondary N) is 1. The molecular weight excluding hydrogens is 278 g/mol. The van der Waals surface area contributed by atoms with Crippen LogP contribution >= 0.6 is 0 Å². The normalized spacial score (nSPS) is 19.7. The summed E-state index contributed by atoms with van der Waals surface area (Å²) in [6, 6.07) is 6.02. The first kappa shape index (κ1) is 16.7. The Labute approximate surface area is 133 Å². The number of aromatic nitrogens is 1. The highest BCUT2D eigenvalue weighted by molar-refractivity contribution is 5.67. The van der Waals surface area contributed by atoms with Crippen molar-refractivity contribution in [3.8, 4) is 0 Å². The van der Waals surface area contributed by atoms with E-state index in [2.05, 4.69) is 21.3 Å². The highest BCUT2D eigenvalue weighted by Crippen LogP contribution is 2.17. The Balaban J connectivity index is 1.75. The second-order valence-electron chi connectivity index (χ2n) is 6.95. The third-order valence-electron chi connectivity index (χ3n) is 3.65. The quantitative estimate of drug-likeness (QED) is 0.929. The number of pyridine rings is 1. The van der Waals surface area contributed by atoms with Gasteiger partial charge in [-0.25, -0.2) is 4.79 Å². The first-order valence-electron chi connectivity index (χ1n) is 8.01. The van der Waals surface area contributed by atoms with Crippen LogP contribution in [0, 0.1) is 5.92 Å². The van der Waals surface area contributed by atoms with Gasteiger partial charge in [0.25, 0.3) is 0 Å². The van der Waals surface area contributed by atoms with E-state index in [-0.39, 0.29) is 6.09 Å². The molecule has 1 saturated heterocycles. The van der Waals surface area contributed by atoms with Gasteiger partial charge in [0.05, 0.1) is 5.69 Å². The van der Waals surface area contributed by atoms with Gasteiger partial charge in [-0.1, -0.05) is 6.07 Å². The Morgan fingerprint density at radius 2 is 2.27 bits per heavy atom. The van der Waals surface area contributed by atoms with Gasteiger partial charge < -0.3 is 10.1 Å². The lowest BCUT2D eigenvalue weighted by molar-refractivity contribution is 0.0506. The number of hydrogen-bond donors (Lipinski definition) is 1. The van der Waals surface area contributed by atoms with Crippen molar-refractivity contribution in [2.45, 2.75) is 45.8 Å². The van der Waals surface area contributed by atoms with Gasteiger partial charge in [-0.15, -0.1) is 0 Å². The molecule has 5 nitrogen and oxygen atoms in total. The number of likely N-dealkylation sites (tertiary alicyclic amines) is 1. The molecule has 1 N–H and O–H groups in total. The molecule has 1 aromatic heterocycles. The van der Waals surface area contributed by atoms with E-state index in [4.69, 9.17) is 4.74 Å². The molecule has 22 heavy (non-hydrogen) atoms. The molecule has 1 amide bonds. The molecule has 0 bridgehead atoms. The molecule has 0 radical (unpaired) electrons. The van der Waals surface area contributed by atoms with Gasteiger partial charge in [-0.3, -0.25) is 9.88 Å². The summed E-state index contributed by atoms with van der Waals surface area (Å²) in [6.45, 7) is 9.27. The van der Waals surface area contributed by atoms with Crippen molar-refractivity contribution in [1.82, 2.24) is 15.2 Å². The molecule has 0 unspecified atom stereocenters. The van der Waals surface area contributed by atoms with E-state index < -0.39 is 5.60 Å². The molecule has 5 heteroatoms. The molecule has 1 aromatic rings. The van der Waals surface area contributed by atoms with Crippen LogP contribution in [0.25, 0.3) is 0 Å². The van der Waals surface area contributed by atoms with E-state index in [0.717, 1.165) is 38.2 Å². The van der Waals surface area contributed by atoms with Crippen molar-refractivity contribution in [3.05, 3.63) is 30.1 Å². The summed E-state index contributed by atoms with van der Waals surface area (Å²) in [5.74, 6) is 0.477. The molecule has 0 saturated carbocycles. The van der Waals surface area contributed by atoms with Crippen molar-refractivity contribution in [1.29, 1.82) is 0 Å². The maximum Gasteiger partial charge on any atom is 0.407 e. The number of piperidine rings is 1. The van der Waals surface area contributed by atoms with E-state index in [9.17, 15) is 4.79 Å². The van der Waals surface area contributed by atoms with Crippen LogP contribution in [0.4, 0.5) is 4.79 Å². The van der Waals surface area contributed by atoms with Gasteiger partial charge >= 0.3 is 6.09 Å². The van der Waals surface area contributed by atoms with Crippen LogP contribution in [0.15, 0.2) is 24.4 Å². The highest BCUT2D eigenvalue weighted by Gasteiger charge is 2.22. The molecule has 0 spiro atoms. The maximum atomic E-state index is 11.7. The fraction of sp³-hybridized carbons (Fsp3) is 0.647. The minimum absolute atomic E-state index is 0.325. The van der Waals surface area contributed by atoms with Crippen LogP contribution in [-0.2, 0) is 11.3 Å². The van der Waals surface area contributed by atoms with Gasteiger partial charge in [0.15, 0.2) is 0 Å². The smallest absolute Gasteiger partial charge is 0.407 e. The minimum Gasteiger partial charge on any atom is -0.444 e. The van der Waals surface area contributed by atoms with E-state index in [0.29, 0.717) is 12.5 Å². The van der Waals surface area contributed by atoms with E-state index >= 15 is 0 Å². The second-order valence-corrected chi connectivity index (χ2v) is 6.95. The topological polar surface area (TPSA) is 54.5 Å². The Morgan fingerprint density at radius 1 is 1.45 bits per heavy atom. The molecular formula is C17H27N3O2. The average molecular weight is 305 g/mol. The van der Waals surface area contributed by atoms with E-state index in [1.54, 1.807) is 0 Å². The number of amides is 1. The number of rotatable bonds is 4. The average Bonchev–Trinajstić information content (AvgIpc) is 2.45. The molecule has 1 atom stereocenters. The van der Waals surface area contributed by atoms with Crippen molar-refractivity contribution in [2.24, 2.45) is 5.92 Å². The largest absolute Gasteiger partial charge is 0.444 e. The van der Waals surface area contributed by atoms with Gasteiger partial charge in [0.2, 0.25) is 0 Å². The monoisotopic (exact) mass is 305 g/mol.